The van der Waals surface area contributed by atoms with Gasteiger partial charge >= 0.3 is 0 Å². The van der Waals surface area contributed by atoms with E-state index < -0.39 is 5.82 Å². The van der Waals surface area contributed by atoms with Crippen molar-refractivity contribution in [3.8, 4) is 22.8 Å². The molecule has 0 spiro atoms. The average Bonchev–Trinajstić information content (AvgIpc) is 3.45. The number of hydrogen-bond acceptors (Lipinski definition) is 9. The van der Waals surface area contributed by atoms with Crippen molar-refractivity contribution in [2.45, 2.75) is 64.8 Å². The van der Waals surface area contributed by atoms with E-state index in [1.165, 1.54) is 20.3 Å². The number of methoxy groups -OCH3 is 2. The quantitative estimate of drug-likeness (QED) is 0.0442. The number of unbranched alkanes of at least 4 members (excludes halogenated alkanes) is 1. The smallest absolute Gasteiger partial charge is 0.255 e. The number of allylic oxidation sites excluding steroid dienone is 10. The van der Waals surface area contributed by atoms with E-state index in [1.54, 1.807) is 48.7 Å². The number of hydrogen-bond donors (Lipinski definition) is 3. The Labute approximate surface area is 381 Å². The van der Waals surface area contributed by atoms with Gasteiger partial charge in [0.2, 0.25) is 11.9 Å². The molecule has 0 bridgehead atoms. The van der Waals surface area contributed by atoms with Crippen LogP contribution in [0, 0.1) is 5.82 Å². The Balaban J connectivity index is 1.00. The Kier molecular flexibility index (Phi) is 20.5. The van der Waals surface area contributed by atoms with Crippen LogP contribution in [0.4, 0.5) is 16.0 Å². The van der Waals surface area contributed by atoms with Crippen LogP contribution in [0.1, 0.15) is 85.3 Å². The number of anilines is 2. The van der Waals surface area contributed by atoms with E-state index in [1.807, 2.05) is 6.07 Å². The van der Waals surface area contributed by atoms with Crippen molar-refractivity contribution < 1.29 is 28.2 Å². The molecule has 0 unspecified atom stereocenters. The lowest BCUT2D eigenvalue weighted by atomic mass is 9.94. The van der Waals surface area contributed by atoms with E-state index in [0.717, 1.165) is 50.5 Å². The number of nitrogens with one attached hydrogen (secondary N) is 3. The third kappa shape index (κ3) is 15.2. The van der Waals surface area contributed by atoms with Crippen LogP contribution in [0.3, 0.4) is 0 Å². The number of rotatable bonds is 25. The fourth-order valence-electron chi connectivity index (χ4n) is 6.72. The van der Waals surface area contributed by atoms with Gasteiger partial charge in [0, 0.05) is 59.2 Å². The molecular weight excluding hydrogens is 831 g/mol. The third-order valence-electron chi connectivity index (χ3n) is 9.93. The van der Waals surface area contributed by atoms with Gasteiger partial charge in [-0.25, -0.2) is 14.4 Å². The molecule has 2 heterocycles. The lowest BCUT2D eigenvalue weighted by molar-refractivity contribution is -0.121. The average molecular weight is 890 g/mol. The molecule has 13 heteroatoms. The second-order valence-electron chi connectivity index (χ2n) is 14.6. The Morgan fingerprint density at radius 1 is 0.797 bits per heavy atom. The van der Waals surface area contributed by atoms with Crippen LogP contribution in [0.2, 0.25) is 5.02 Å². The Morgan fingerprint density at radius 3 is 2.19 bits per heavy atom. The monoisotopic (exact) mass is 888 g/mol. The van der Waals surface area contributed by atoms with Crippen LogP contribution in [-0.4, -0.2) is 68.0 Å². The van der Waals surface area contributed by atoms with Crippen LogP contribution in [0.25, 0.3) is 11.3 Å². The summed E-state index contributed by atoms with van der Waals surface area (Å²) < 4.78 is 32.0. The van der Waals surface area contributed by atoms with Crippen LogP contribution < -0.4 is 25.4 Å². The molecule has 0 saturated carbocycles. The maximum atomic E-state index is 15.3. The van der Waals surface area contributed by atoms with E-state index in [-0.39, 0.29) is 37.1 Å². The van der Waals surface area contributed by atoms with Gasteiger partial charge in [-0.15, -0.1) is 0 Å². The standard InChI is InChI=1S/C51H58ClFN6O5/c1-4-5-6-7-8-9-10-11-12-13-14-15-16-17-18-19-20-24-46(60)54-29-31-64-32-30-55-50(61)41-28-26-39(34-45(41)63-3)58-51-57-36-37-35-56-49(47-43(53)22-21-23-44(47)62-2)42-33-38(52)25-27-40(42)48(37)59-51/h5-6,8-9,11-12,14-15,17-18,21-23,25-28,33-34,36H,4,7,10,13,16,19-20,24,29-32,35H2,1-3H3,(H,54,60)(H,55,61)(H,57,58,59). The van der Waals surface area contributed by atoms with Crippen LogP contribution in [0.15, 0.2) is 127 Å². The van der Waals surface area contributed by atoms with E-state index in [2.05, 4.69) is 88.6 Å². The number of halogens is 2. The van der Waals surface area contributed by atoms with Crippen molar-refractivity contribution in [3.05, 3.63) is 155 Å². The zero-order valence-corrected chi connectivity index (χ0v) is 37.6. The fraction of sp³-hybridized carbons (Fsp3) is 0.314. The van der Waals surface area contributed by atoms with E-state index in [4.69, 9.17) is 35.8 Å². The van der Waals surface area contributed by atoms with Crippen LogP contribution in [-0.2, 0) is 16.1 Å². The van der Waals surface area contributed by atoms with Gasteiger partial charge in [-0.1, -0.05) is 91.4 Å². The molecule has 4 aromatic rings. The highest BCUT2D eigenvalue weighted by atomic mass is 35.5. The van der Waals surface area contributed by atoms with Gasteiger partial charge in [-0.3, -0.25) is 14.6 Å². The molecule has 0 atom stereocenters. The second kappa shape index (κ2) is 27.0. The summed E-state index contributed by atoms with van der Waals surface area (Å²) in [6.45, 7) is 3.61. The minimum atomic E-state index is -0.472. The molecule has 0 fully saturated rings. The molecular formula is C51H58ClFN6O5. The summed E-state index contributed by atoms with van der Waals surface area (Å²) in [5.41, 5.74) is 4.21. The predicted octanol–water partition coefficient (Wildman–Crippen LogP) is 10.8. The van der Waals surface area contributed by atoms with Crippen molar-refractivity contribution in [2.75, 3.05) is 45.8 Å². The maximum absolute atomic E-state index is 15.3. The lowest BCUT2D eigenvalue weighted by Crippen LogP contribution is -2.30. The molecule has 3 N–H and O–H groups in total. The Hall–Kier alpha value is -6.37. The van der Waals surface area contributed by atoms with Gasteiger partial charge < -0.3 is 30.2 Å². The molecule has 0 aliphatic carbocycles. The molecule has 5 rings (SSSR count). The summed E-state index contributed by atoms with van der Waals surface area (Å²) in [4.78, 5) is 39.4. The normalized spacial score (nSPS) is 12.5. The Morgan fingerprint density at radius 2 is 1.48 bits per heavy atom. The van der Waals surface area contributed by atoms with E-state index in [0.29, 0.717) is 75.8 Å². The number of aliphatic imine (C=N–C) groups is 1. The summed E-state index contributed by atoms with van der Waals surface area (Å²) in [6.07, 6.45) is 30.3. The molecule has 1 aliphatic heterocycles. The number of fused-ring (bicyclic) bond motifs is 3. The maximum Gasteiger partial charge on any atom is 0.255 e. The van der Waals surface area contributed by atoms with Crippen molar-refractivity contribution >= 4 is 40.8 Å². The zero-order chi connectivity index (χ0) is 45.4. The summed E-state index contributed by atoms with van der Waals surface area (Å²) in [6, 6.07) is 15.0. The summed E-state index contributed by atoms with van der Waals surface area (Å²) in [7, 11) is 2.97. The first-order valence-corrected chi connectivity index (χ1v) is 22.1. The molecule has 0 saturated heterocycles. The van der Waals surface area contributed by atoms with Gasteiger partial charge in [-0.2, -0.15) is 0 Å². The highest BCUT2D eigenvalue weighted by Crippen LogP contribution is 2.36. The topological polar surface area (TPSA) is 136 Å². The lowest BCUT2D eigenvalue weighted by Gasteiger charge is -2.15. The molecule has 336 valence electrons. The second-order valence-corrected chi connectivity index (χ2v) is 15.0. The molecule has 1 aromatic heterocycles. The van der Waals surface area contributed by atoms with Gasteiger partial charge in [-0.05, 0) is 81.3 Å². The van der Waals surface area contributed by atoms with Gasteiger partial charge in [0.25, 0.3) is 5.91 Å². The first kappa shape index (κ1) is 48.7. The third-order valence-corrected chi connectivity index (χ3v) is 10.2. The Bertz CT molecular complexity index is 2360. The number of benzene rings is 3. The number of aromatic nitrogens is 2. The SMILES string of the molecule is CCC=CCC=CCC=CCC=CCC=CCCCC(=O)NCCOCCNC(=O)c1ccc(Nc2ncc3c(n2)-c2ccc(Cl)cc2C(c2c(F)cccc2OC)=NC3)cc1OC. The van der Waals surface area contributed by atoms with Gasteiger partial charge in [0.15, 0.2) is 0 Å². The van der Waals surface area contributed by atoms with Crippen molar-refractivity contribution in [3.63, 3.8) is 0 Å². The molecule has 0 radical (unpaired) electrons. The van der Waals surface area contributed by atoms with Crippen LogP contribution in [0.5, 0.6) is 11.5 Å². The molecule has 2 amide bonds. The molecule has 64 heavy (non-hydrogen) atoms. The van der Waals surface area contributed by atoms with Crippen molar-refractivity contribution in [1.82, 2.24) is 20.6 Å². The summed E-state index contributed by atoms with van der Waals surface area (Å²) in [5, 5.41) is 9.40. The minimum absolute atomic E-state index is 0.00941. The van der Waals surface area contributed by atoms with E-state index in [9.17, 15) is 9.59 Å². The number of carbonyl (C=O) groups is 2. The van der Waals surface area contributed by atoms with E-state index >= 15 is 4.39 Å². The number of nitrogens with zero attached hydrogens (tertiary/aromatic N) is 3. The highest BCUT2D eigenvalue weighted by molar-refractivity contribution is 6.31. The number of carbonyl (C=O) groups excluding carboxylic acids is 2. The van der Waals surface area contributed by atoms with Gasteiger partial charge in [0.1, 0.15) is 17.3 Å². The summed E-state index contributed by atoms with van der Waals surface area (Å²) >= 11 is 6.45. The first-order chi connectivity index (χ1) is 31.3. The zero-order valence-electron chi connectivity index (χ0n) is 36.9. The minimum Gasteiger partial charge on any atom is -0.496 e. The summed E-state index contributed by atoms with van der Waals surface area (Å²) in [5.74, 6) is 0.178. The number of ether oxygens (including phenoxy) is 3. The highest BCUT2D eigenvalue weighted by Gasteiger charge is 2.26. The van der Waals surface area contributed by atoms with Crippen molar-refractivity contribution in [1.29, 1.82) is 0 Å². The predicted molar refractivity (Wildman–Crippen MR) is 256 cm³/mol. The fourth-order valence-corrected chi connectivity index (χ4v) is 6.89. The first-order valence-electron chi connectivity index (χ1n) is 21.7. The molecule has 1 aliphatic rings. The largest absolute Gasteiger partial charge is 0.496 e. The van der Waals surface area contributed by atoms with Crippen molar-refractivity contribution in [2.24, 2.45) is 4.99 Å². The molecule has 11 nitrogen and oxygen atoms in total. The molecule has 3 aromatic carbocycles. The number of amides is 2. The van der Waals surface area contributed by atoms with Gasteiger partial charge in [0.05, 0.1) is 56.5 Å². The van der Waals surface area contributed by atoms with Crippen LogP contribution >= 0.6 is 11.6 Å².